The molecule has 1 aromatic carbocycles. The van der Waals surface area contributed by atoms with Gasteiger partial charge in [0.2, 0.25) is 0 Å². The topological polar surface area (TPSA) is 12.5 Å². The predicted octanol–water partition coefficient (Wildman–Crippen LogP) is 3.25. The average molecular weight is 304 g/mol. The third-order valence-corrected chi connectivity index (χ3v) is 3.95. The lowest BCUT2D eigenvalue weighted by molar-refractivity contribution is 0.414. The van der Waals surface area contributed by atoms with E-state index >= 15 is 0 Å². The average Bonchev–Trinajstić information content (AvgIpc) is 2.26. The van der Waals surface area contributed by atoms with E-state index in [2.05, 4.69) is 41.0 Å². The van der Waals surface area contributed by atoms with Crippen LogP contribution in [0.2, 0.25) is 0 Å². The van der Waals surface area contributed by atoms with Gasteiger partial charge in [-0.2, -0.15) is 11.8 Å². The van der Waals surface area contributed by atoms with Gasteiger partial charge in [0.1, 0.15) is 5.75 Å². The van der Waals surface area contributed by atoms with E-state index in [9.17, 15) is 0 Å². The first-order valence-corrected chi connectivity index (χ1v) is 7.13. The highest BCUT2D eigenvalue weighted by Gasteiger charge is 2.02. The Labute approximate surface area is 110 Å². The quantitative estimate of drug-likeness (QED) is 0.749. The Morgan fingerprint density at radius 2 is 2.12 bits per heavy atom. The van der Waals surface area contributed by atoms with E-state index in [-0.39, 0.29) is 0 Å². The van der Waals surface area contributed by atoms with Crippen LogP contribution < -0.4 is 4.74 Å². The van der Waals surface area contributed by atoms with Gasteiger partial charge in [0.05, 0.1) is 7.11 Å². The lowest BCUT2D eigenvalue weighted by Crippen LogP contribution is -2.14. The van der Waals surface area contributed by atoms with Crippen LogP contribution in [0.4, 0.5) is 0 Å². The van der Waals surface area contributed by atoms with Crippen LogP contribution in [0, 0.1) is 0 Å². The van der Waals surface area contributed by atoms with Crippen molar-refractivity contribution in [2.24, 2.45) is 0 Å². The molecule has 0 aromatic heterocycles. The molecule has 0 saturated heterocycles. The summed E-state index contributed by atoms with van der Waals surface area (Å²) in [5, 5.41) is 0. The molecule has 0 bridgehead atoms. The second-order valence-corrected chi connectivity index (χ2v) is 5.77. The summed E-state index contributed by atoms with van der Waals surface area (Å²) >= 11 is 5.50. The monoisotopic (exact) mass is 303 g/mol. The molecule has 0 unspecified atom stereocenters. The Kier molecular flexibility index (Phi) is 6.24. The van der Waals surface area contributed by atoms with Crippen molar-refractivity contribution in [1.29, 1.82) is 0 Å². The Bertz CT molecular complexity index is 331. The summed E-state index contributed by atoms with van der Waals surface area (Å²) in [6.07, 6.45) is 0. The molecule has 90 valence electrons. The van der Waals surface area contributed by atoms with E-state index in [0.29, 0.717) is 0 Å². The van der Waals surface area contributed by atoms with Crippen LogP contribution >= 0.6 is 27.7 Å². The van der Waals surface area contributed by atoms with Gasteiger partial charge in [0.25, 0.3) is 0 Å². The van der Waals surface area contributed by atoms with Gasteiger partial charge in [0.15, 0.2) is 0 Å². The maximum Gasteiger partial charge on any atom is 0.119 e. The highest BCUT2D eigenvalue weighted by atomic mass is 79.9. The van der Waals surface area contributed by atoms with E-state index in [1.165, 1.54) is 5.56 Å². The molecular weight excluding hydrogens is 286 g/mol. The molecule has 0 heterocycles. The fraction of sp³-hybridized carbons (Fsp3) is 0.500. The van der Waals surface area contributed by atoms with E-state index in [4.69, 9.17) is 4.74 Å². The van der Waals surface area contributed by atoms with Crippen LogP contribution in [0.15, 0.2) is 22.7 Å². The van der Waals surface area contributed by atoms with Crippen LogP contribution in [0.25, 0.3) is 0 Å². The fourth-order valence-corrected chi connectivity index (χ4v) is 2.89. The van der Waals surface area contributed by atoms with E-state index < -0.39 is 0 Å². The number of methoxy groups -OCH3 is 1. The van der Waals surface area contributed by atoms with Gasteiger partial charge in [-0.05, 0) is 37.9 Å². The predicted molar refractivity (Wildman–Crippen MR) is 75.4 cm³/mol. The second-order valence-electron chi connectivity index (χ2n) is 3.81. The molecular formula is C12H18BrNOS. The fourth-order valence-electron chi connectivity index (χ4n) is 1.22. The van der Waals surface area contributed by atoms with Gasteiger partial charge in [-0.3, -0.25) is 0 Å². The van der Waals surface area contributed by atoms with E-state index in [1.807, 2.05) is 23.9 Å². The van der Waals surface area contributed by atoms with Gasteiger partial charge in [-0.1, -0.05) is 15.9 Å². The molecule has 1 aromatic rings. The summed E-state index contributed by atoms with van der Waals surface area (Å²) in [5.41, 5.74) is 1.29. The van der Waals surface area contributed by atoms with Crippen molar-refractivity contribution < 1.29 is 4.74 Å². The number of halogens is 1. The Hall–Kier alpha value is -0.190. The number of hydrogen-bond acceptors (Lipinski definition) is 3. The summed E-state index contributed by atoms with van der Waals surface area (Å²) in [5.74, 6) is 3.09. The molecule has 0 N–H and O–H groups in total. The molecule has 1 rings (SSSR count). The van der Waals surface area contributed by atoms with Gasteiger partial charge >= 0.3 is 0 Å². The Morgan fingerprint density at radius 1 is 1.38 bits per heavy atom. The Morgan fingerprint density at radius 3 is 2.75 bits per heavy atom. The van der Waals surface area contributed by atoms with Gasteiger partial charge in [0, 0.05) is 22.5 Å². The minimum absolute atomic E-state index is 0.923. The minimum atomic E-state index is 0.923. The van der Waals surface area contributed by atoms with Crippen molar-refractivity contribution in [2.45, 2.75) is 5.75 Å². The standard InChI is InChI=1S/C12H18BrNOS/c1-14(2)6-7-16-9-10-8-11(15-3)4-5-12(10)13/h4-5,8H,6-7,9H2,1-3H3. The number of ether oxygens (including phenoxy) is 1. The van der Waals surface area contributed by atoms with E-state index in [0.717, 1.165) is 28.3 Å². The van der Waals surface area contributed by atoms with Gasteiger partial charge in [-0.15, -0.1) is 0 Å². The zero-order chi connectivity index (χ0) is 12.0. The first kappa shape index (κ1) is 13.9. The van der Waals surface area contributed by atoms with Crippen molar-refractivity contribution in [3.8, 4) is 5.75 Å². The summed E-state index contributed by atoms with van der Waals surface area (Å²) < 4.78 is 6.37. The SMILES string of the molecule is COc1ccc(Br)c(CSCCN(C)C)c1. The van der Waals surface area contributed by atoms with Crippen molar-refractivity contribution >= 4 is 27.7 Å². The van der Waals surface area contributed by atoms with Crippen LogP contribution in [0.1, 0.15) is 5.56 Å². The molecule has 0 aliphatic rings. The zero-order valence-electron chi connectivity index (χ0n) is 10.00. The summed E-state index contributed by atoms with van der Waals surface area (Å²) in [6, 6.07) is 6.10. The molecule has 0 amide bonds. The smallest absolute Gasteiger partial charge is 0.119 e. The Balaban J connectivity index is 2.46. The van der Waals surface area contributed by atoms with Gasteiger partial charge in [-0.25, -0.2) is 0 Å². The molecule has 4 heteroatoms. The summed E-state index contributed by atoms with van der Waals surface area (Å²) in [7, 11) is 5.90. The van der Waals surface area contributed by atoms with Crippen molar-refractivity contribution in [1.82, 2.24) is 4.90 Å². The molecule has 2 nitrogen and oxygen atoms in total. The number of nitrogens with zero attached hydrogens (tertiary/aromatic N) is 1. The third kappa shape index (κ3) is 4.76. The van der Waals surface area contributed by atoms with Crippen LogP contribution in [0.5, 0.6) is 5.75 Å². The summed E-state index contributed by atoms with van der Waals surface area (Å²) in [6.45, 7) is 1.12. The molecule has 0 atom stereocenters. The first-order valence-electron chi connectivity index (χ1n) is 5.18. The van der Waals surface area contributed by atoms with Crippen molar-refractivity contribution in [2.75, 3.05) is 33.5 Å². The lowest BCUT2D eigenvalue weighted by Gasteiger charge is -2.10. The van der Waals surface area contributed by atoms with Gasteiger partial charge < -0.3 is 9.64 Å². The molecule has 0 fully saturated rings. The molecule has 0 radical (unpaired) electrons. The largest absolute Gasteiger partial charge is 0.497 e. The van der Waals surface area contributed by atoms with Crippen molar-refractivity contribution in [3.05, 3.63) is 28.2 Å². The highest BCUT2D eigenvalue weighted by molar-refractivity contribution is 9.10. The van der Waals surface area contributed by atoms with Crippen LogP contribution in [-0.2, 0) is 5.75 Å². The molecule has 0 aliphatic carbocycles. The number of hydrogen-bond donors (Lipinski definition) is 0. The lowest BCUT2D eigenvalue weighted by atomic mass is 10.2. The maximum absolute atomic E-state index is 5.22. The zero-order valence-corrected chi connectivity index (χ0v) is 12.4. The summed E-state index contributed by atoms with van der Waals surface area (Å²) in [4.78, 5) is 2.20. The minimum Gasteiger partial charge on any atom is -0.497 e. The third-order valence-electron chi connectivity index (χ3n) is 2.19. The highest BCUT2D eigenvalue weighted by Crippen LogP contribution is 2.25. The van der Waals surface area contributed by atoms with Crippen LogP contribution in [0.3, 0.4) is 0 Å². The molecule has 16 heavy (non-hydrogen) atoms. The normalized spacial score (nSPS) is 10.8. The maximum atomic E-state index is 5.22. The number of benzene rings is 1. The number of thioether (sulfide) groups is 1. The van der Waals surface area contributed by atoms with Crippen LogP contribution in [-0.4, -0.2) is 38.4 Å². The second kappa shape index (κ2) is 7.20. The molecule has 0 aliphatic heterocycles. The number of rotatable bonds is 6. The molecule has 0 spiro atoms. The van der Waals surface area contributed by atoms with Crippen molar-refractivity contribution in [3.63, 3.8) is 0 Å². The molecule has 0 saturated carbocycles. The first-order chi connectivity index (χ1) is 7.63. The van der Waals surface area contributed by atoms with E-state index in [1.54, 1.807) is 7.11 Å².